The Kier molecular flexibility index (Phi) is 7.70. The summed E-state index contributed by atoms with van der Waals surface area (Å²) in [7, 11) is 0. The standard InChI is InChI=1S/C18H28ClN3O2/c1-6-22(12-17(24)21-18(3,4)5)11-16(23)20-13(2)14-9-7-8-10-15(14)19/h7-10,13H,6,11-12H2,1-5H3,(H,20,23)(H,21,24)/t13-/m0/s1. The van der Waals surface area contributed by atoms with Crippen molar-refractivity contribution in [3.63, 3.8) is 0 Å². The van der Waals surface area contributed by atoms with E-state index in [1.807, 2.05) is 52.8 Å². The number of benzene rings is 1. The number of carbonyl (C=O) groups is 2. The zero-order valence-corrected chi connectivity index (χ0v) is 15.9. The lowest BCUT2D eigenvalue weighted by Crippen LogP contribution is -2.48. The minimum atomic E-state index is -0.280. The molecule has 134 valence electrons. The molecule has 0 spiro atoms. The first-order valence-electron chi connectivity index (χ1n) is 8.19. The van der Waals surface area contributed by atoms with Crippen molar-refractivity contribution in [2.45, 2.75) is 46.2 Å². The molecule has 24 heavy (non-hydrogen) atoms. The van der Waals surface area contributed by atoms with Crippen molar-refractivity contribution in [2.75, 3.05) is 19.6 Å². The van der Waals surface area contributed by atoms with Gasteiger partial charge in [-0.1, -0.05) is 36.7 Å². The van der Waals surface area contributed by atoms with Crippen molar-refractivity contribution < 1.29 is 9.59 Å². The highest BCUT2D eigenvalue weighted by atomic mass is 35.5. The second kappa shape index (κ2) is 9.04. The van der Waals surface area contributed by atoms with Crippen molar-refractivity contribution in [2.24, 2.45) is 0 Å². The van der Waals surface area contributed by atoms with E-state index in [-0.39, 0.29) is 36.5 Å². The normalized spacial score (nSPS) is 12.8. The number of rotatable bonds is 7. The summed E-state index contributed by atoms with van der Waals surface area (Å²) in [6.45, 7) is 10.6. The van der Waals surface area contributed by atoms with Crippen molar-refractivity contribution in [3.8, 4) is 0 Å². The number of likely N-dealkylation sites (N-methyl/N-ethyl adjacent to an activating group) is 1. The molecule has 0 bridgehead atoms. The Hall–Kier alpha value is -1.59. The van der Waals surface area contributed by atoms with Gasteiger partial charge in [0.15, 0.2) is 0 Å². The third-order valence-electron chi connectivity index (χ3n) is 3.45. The fourth-order valence-corrected chi connectivity index (χ4v) is 2.63. The summed E-state index contributed by atoms with van der Waals surface area (Å²) in [5.74, 6) is -0.218. The molecule has 0 saturated heterocycles. The van der Waals surface area contributed by atoms with E-state index in [1.54, 1.807) is 11.0 Å². The predicted molar refractivity (Wildman–Crippen MR) is 98.0 cm³/mol. The number of nitrogens with one attached hydrogen (secondary N) is 2. The van der Waals surface area contributed by atoms with Gasteiger partial charge in [-0.3, -0.25) is 14.5 Å². The second-order valence-corrected chi connectivity index (χ2v) is 7.32. The van der Waals surface area contributed by atoms with Crippen molar-refractivity contribution >= 4 is 23.4 Å². The molecule has 0 aliphatic rings. The van der Waals surface area contributed by atoms with Crippen molar-refractivity contribution in [1.29, 1.82) is 0 Å². The summed E-state index contributed by atoms with van der Waals surface area (Å²) >= 11 is 6.15. The SMILES string of the molecule is CCN(CC(=O)N[C@@H](C)c1ccccc1Cl)CC(=O)NC(C)(C)C. The lowest BCUT2D eigenvalue weighted by atomic mass is 10.1. The Morgan fingerprint density at radius 2 is 1.75 bits per heavy atom. The Bertz CT molecular complexity index is 570. The monoisotopic (exact) mass is 353 g/mol. The fourth-order valence-electron chi connectivity index (χ4n) is 2.33. The Balaban J connectivity index is 2.55. The zero-order chi connectivity index (χ0) is 18.3. The van der Waals surface area contributed by atoms with E-state index in [2.05, 4.69) is 10.6 Å². The molecule has 0 saturated carbocycles. The van der Waals surface area contributed by atoms with Gasteiger partial charge in [-0.25, -0.2) is 0 Å². The van der Waals surface area contributed by atoms with Gasteiger partial charge in [-0.2, -0.15) is 0 Å². The van der Waals surface area contributed by atoms with Gasteiger partial charge in [0, 0.05) is 10.6 Å². The van der Waals surface area contributed by atoms with E-state index in [0.29, 0.717) is 11.6 Å². The maximum atomic E-state index is 12.2. The van der Waals surface area contributed by atoms with E-state index >= 15 is 0 Å². The minimum absolute atomic E-state index is 0.0868. The van der Waals surface area contributed by atoms with Crippen LogP contribution in [-0.2, 0) is 9.59 Å². The minimum Gasteiger partial charge on any atom is -0.350 e. The molecule has 1 aromatic carbocycles. The highest BCUT2D eigenvalue weighted by Gasteiger charge is 2.19. The van der Waals surface area contributed by atoms with Gasteiger partial charge in [0.05, 0.1) is 19.1 Å². The predicted octanol–water partition coefficient (Wildman–Crippen LogP) is 2.75. The topological polar surface area (TPSA) is 61.4 Å². The number of halogens is 1. The highest BCUT2D eigenvalue weighted by molar-refractivity contribution is 6.31. The average Bonchev–Trinajstić information content (AvgIpc) is 2.44. The van der Waals surface area contributed by atoms with Gasteiger partial charge in [-0.05, 0) is 45.9 Å². The van der Waals surface area contributed by atoms with E-state index in [1.165, 1.54) is 0 Å². The molecule has 1 atom stereocenters. The Morgan fingerprint density at radius 3 is 2.29 bits per heavy atom. The molecule has 6 heteroatoms. The molecule has 0 aromatic heterocycles. The summed E-state index contributed by atoms with van der Waals surface area (Å²) in [5.41, 5.74) is 0.596. The first-order chi connectivity index (χ1) is 11.1. The Labute approximate surface area is 149 Å². The summed E-state index contributed by atoms with van der Waals surface area (Å²) in [5, 5.41) is 6.46. The summed E-state index contributed by atoms with van der Waals surface area (Å²) in [6.07, 6.45) is 0. The average molecular weight is 354 g/mol. The molecule has 0 radical (unpaired) electrons. The molecular formula is C18H28ClN3O2. The van der Waals surface area contributed by atoms with Crippen LogP contribution in [0.25, 0.3) is 0 Å². The van der Waals surface area contributed by atoms with Crippen LogP contribution >= 0.6 is 11.6 Å². The van der Waals surface area contributed by atoms with Crippen LogP contribution in [0.4, 0.5) is 0 Å². The van der Waals surface area contributed by atoms with Crippen molar-refractivity contribution in [1.82, 2.24) is 15.5 Å². The summed E-state index contributed by atoms with van der Waals surface area (Å²) in [6, 6.07) is 7.25. The molecule has 0 unspecified atom stereocenters. The van der Waals surface area contributed by atoms with Crippen LogP contribution in [0, 0.1) is 0 Å². The fraction of sp³-hybridized carbons (Fsp3) is 0.556. The molecular weight excluding hydrogens is 326 g/mol. The van der Waals surface area contributed by atoms with Crippen LogP contribution in [-0.4, -0.2) is 41.9 Å². The van der Waals surface area contributed by atoms with Crippen LogP contribution in [0.15, 0.2) is 24.3 Å². The number of amides is 2. The van der Waals surface area contributed by atoms with Crippen molar-refractivity contribution in [3.05, 3.63) is 34.9 Å². The van der Waals surface area contributed by atoms with E-state index < -0.39 is 0 Å². The van der Waals surface area contributed by atoms with Gasteiger partial charge < -0.3 is 10.6 Å². The first kappa shape index (κ1) is 20.5. The van der Waals surface area contributed by atoms with Gasteiger partial charge in [0.1, 0.15) is 0 Å². The molecule has 0 aliphatic carbocycles. The number of hydrogen-bond donors (Lipinski definition) is 2. The zero-order valence-electron chi connectivity index (χ0n) is 15.1. The Morgan fingerprint density at radius 1 is 1.17 bits per heavy atom. The number of carbonyl (C=O) groups excluding carboxylic acids is 2. The molecule has 0 fully saturated rings. The van der Waals surface area contributed by atoms with Gasteiger partial charge in [-0.15, -0.1) is 0 Å². The second-order valence-electron chi connectivity index (χ2n) is 6.91. The third-order valence-corrected chi connectivity index (χ3v) is 3.79. The van der Waals surface area contributed by atoms with E-state index in [0.717, 1.165) is 5.56 Å². The van der Waals surface area contributed by atoms with E-state index in [4.69, 9.17) is 11.6 Å². The van der Waals surface area contributed by atoms with Gasteiger partial charge in [0.2, 0.25) is 11.8 Å². The molecule has 0 heterocycles. The lowest BCUT2D eigenvalue weighted by Gasteiger charge is -2.25. The highest BCUT2D eigenvalue weighted by Crippen LogP contribution is 2.21. The number of hydrogen-bond acceptors (Lipinski definition) is 3. The maximum absolute atomic E-state index is 12.2. The smallest absolute Gasteiger partial charge is 0.234 e. The largest absolute Gasteiger partial charge is 0.350 e. The molecule has 5 nitrogen and oxygen atoms in total. The van der Waals surface area contributed by atoms with Gasteiger partial charge >= 0.3 is 0 Å². The van der Waals surface area contributed by atoms with Gasteiger partial charge in [0.25, 0.3) is 0 Å². The first-order valence-corrected chi connectivity index (χ1v) is 8.57. The van der Waals surface area contributed by atoms with E-state index in [9.17, 15) is 9.59 Å². The summed E-state index contributed by atoms with van der Waals surface area (Å²) in [4.78, 5) is 26.0. The van der Waals surface area contributed by atoms with Crippen LogP contribution in [0.5, 0.6) is 0 Å². The van der Waals surface area contributed by atoms with Crippen LogP contribution < -0.4 is 10.6 Å². The van der Waals surface area contributed by atoms with Crippen LogP contribution in [0.2, 0.25) is 5.02 Å². The quantitative estimate of drug-likeness (QED) is 0.792. The molecule has 2 N–H and O–H groups in total. The molecule has 1 rings (SSSR count). The molecule has 2 amide bonds. The van der Waals surface area contributed by atoms with Crippen LogP contribution in [0.1, 0.15) is 46.2 Å². The maximum Gasteiger partial charge on any atom is 0.234 e. The summed E-state index contributed by atoms with van der Waals surface area (Å²) < 4.78 is 0. The lowest BCUT2D eigenvalue weighted by molar-refractivity contribution is -0.126. The van der Waals surface area contributed by atoms with Crippen LogP contribution in [0.3, 0.4) is 0 Å². The molecule has 0 aliphatic heterocycles. The molecule has 1 aromatic rings. The number of nitrogens with zero attached hydrogens (tertiary/aromatic N) is 1. The third kappa shape index (κ3) is 7.32.